The number of fused-ring (bicyclic) bond motifs is 3. The Bertz CT molecular complexity index is 1860. The Balaban J connectivity index is 1.64. The van der Waals surface area contributed by atoms with E-state index in [1.165, 1.54) is 0 Å². The van der Waals surface area contributed by atoms with E-state index in [4.69, 9.17) is 23.7 Å². The van der Waals surface area contributed by atoms with Gasteiger partial charge in [-0.25, -0.2) is 0 Å². The van der Waals surface area contributed by atoms with Crippen LogP contribution in [0.25, 0.3) is 0 Å². The Morgan fingerprint density at radius 3 is 1.31 bits per heavy atom. The zero-order valence-electron chi connectivity index (χ0n) is 35.3. The van der Waals surface area contributed by atoms with Crippen LogP contribution < -0.4 is 23.7 Å². The lowest BCUT2D eigenvalue weighted by Crippen LogP contribution is -2.34. The first kappa shape index (κ1) is 40.8. The molecular weight excluding hydrogens is 695 g/mol. The molecule has 0 amide bonds. The molecule has 6 rings (SSSR count). The highest BCUT2D eigenvalue weighted by Crippen LogP contribution is 2.58. The number of rotatable bonds is 13. The van der Waals surface area contributed by atoms with E-state index >= 15 is 0 Å². The van der Waals surface area contributed by atoms with Crippen LogP contribution in [0.2, 0.25) is 0 Å². The van der Waals surface area contributed by atoms with Crippen LogP contribution in [0.4, 0.5) is 0 Å². The molecule has 3 aromatic rings. The van der Waals surface area contributed by atoms with E-state index in [2.05, 4.69) is 83.5 Å². The minimum Gasteiger partial charge on any atom is -0.504 e. The fourth-order valence-corrected chi connectivity index (χ4v) is 9.10. The van der Waals surface area contributed by atoms with Gasteiger partial charge < -0.3 is 33.9 Å². The number of phenolic OH excluding ortho intramolecular Hbond substituents is 2. The van der Waals surface area contributed by atoms with Crippen molar-refractivity contribution in [2.45, 2.75) is 98.2 Å². The minimum absolute atomic E-state index is 0.00281. The third-order valence-corrected chi connectivity index (χ3v) is 12.0. The lowest BCUT2D eigenvalue weighted by molar-refractivity contribution is 0.191. The summed E-state index contributed by atoms with van der Waals surface area (Å²) in [6.07, 6.45) is 5.00. The van der Waals surface area contributed by atoms with Gasteiger partial charge in [0, 0.05) is 54.5 Å². The van der Waals surface area contributed by atoms with E-state index in [9.17, 15) is 10.2 Å². The highest BCUT2D eigenvalue weighted by Gasteiger charge is 2.39. The fourth-order valence-electron chi connectivity index (χ4n) is 9.10. The summed E-state index contributed by atoms with van der Waals surface area (Å²) in [6.45, 7) is 16.0. The molecular formula is C45H65N3O7. The van der Waals surface area contributed by atoms with Gasteiger partial charge in [-0.1, -0.05) is 41.5 Å². The summed E-state index contributed by atoms with van der Waals surface area (Å²) in [5.41, 5.74) is 6.06. The van der Waals surface area contributed by atoms with E-state index in [1.807, 2.05) is 12.1 Å². The fraction of sp³-hybridized carbons (Fsp3) is 0.600. The Morgan fingerprint density at radius 2 is 0.873 bits per heavy atom. The maximum absolute atomic E-state index is 12.4. The minimum atomic E-state index is -0.0688. The summed E-state index contributed by atoms with van der Waals surface area (Å²) in [4.78, 5) is 7.05. The van der Waals surface area contributed by atoms with Crippen LogP contribution in [0, 0.1) is 17.8 Å². The van der Waals surface area contributed by atoms with Crippen molar-refractivity contribution in [1.82, 2.24) is 14.7 Å². The highest BCUT2D eigenvalue weighted by atomic mass is 16.6. The first-order chi connectivity index (χ1) is 26.2. The second-order valence-electron chi connectivity index (χ2n) is 17.3. The summed E-state index contributed by atoms with van der Waals surface area (Å²) in [5, 5.41) is 24.4. The van der Waals surface area contributed by atoms with Crippen molar-refractivity contribution >= 4 is 0 Å². The van der Waals surface area contributed by atoms with Gasteiger partial charge in [0.25, 0.3) is 0 Å². The Labute approximate surface area is 329 Å². The van der Waals surface area contributed by atoms with Gasteiger partial charge in [0.15, 0.2) is 34.5 Å². The van der Waals surface area contributed by atoms with Crippen LogP contribution in [0.1, 0.15) is 112 Å². The van der Waals surface area contributed by atoms with Crippen molar-refractivity contribution in [2.24, 2.45) is 17.8 Å². The summed E-state index contributed by atoms with van der Waals surface area (Å²) in [5.74, 6) is 3.88. The molecule has 2 N–H and O–H groups in total. The molecule has 3 atom stereocenters. The van der Waals surface area contributed by atoms with Crippen molar-refractivity contribution in [3.05, 3.63) is 51.6 Å². The number of nitrogens with zero attached hydrogens (tertiary/aromatic N) is 3. The molecule has 3 aliphatic rings. The predicted octanol–water partition coefficient (Wildman–Crippen LogP) is 9.43. The number of benzene rings is 3. The number of hydrogen-bond acceptors (Lipinski definition) is 10. The van der Waals surface area contributed by atoms with Gasteiger partial charge in [0.1, 0.15) is 0 Å². The predicted molar refractivity (Wildman–Crippen MR) is 218 cm³/mol. The SMILES string of the molecule is COc1cc2c(c(Oc3c(OC)cc4c(c3Oc3c(OC)cc5c(c3O)[C@H](CC(C)C)N(C)CC5)[C@H](CC(C)C)N(C)CC4)c1O)[C@@H](CC(C)C)N(C)CC2. The monoisotopic (exact) mass is 759 g/mol. The maximum Gasteiger partial charge on any atom is 0.212 e. The van der Waals surface area contributed by atoms with Gasteiger partial charge in [-0.05, 0) is 112 Å². The molecule has 0 bridgehead atoms. The molecule has 0 fully saturated rings. The zero-order valence-corrected chi connectivity index (χ0v) is 35.3. The topological polar surface area (TPSA) is 96.3 Å². The smallest absolute Gasteiger partial charge is 0.212 e. The molecule has 0 aromatic heterocycles. The molecule has 55 heavy (non-hydrogen) atoms. The maximum atomic E-state index is 12.4. The van der Waals surface area contributed by atoms with Crippen LogP contribution in [0.5, 0.6) is 51.7 Å². The zero-order chi connectivity index (χ0) is 39.9. The summed E-state index contributed by atoms with van der Waals surface area (Å²) < 4.78 is 32.3. The van der Waals surface area contributed by atoms with Crippen LogP contribution >= 0.6 is 0 Å². The van der Waals surface area contributed by atoms with Gasteiger partial charge in [-0.2, -0.15) is 0 Å². The molecule has 0 saturated heterocycles. The van der Waals surface area contributed by atoms with E-state index in [-0.39, 0.29) is 35.4 Å². The lowest BCUT2D eigenvalue weighted by atomic mass is 9.85. The van der Waals surface area contributed by atoms with Crippen LogP contribution in [-0.2, 0) is 19.3 Å². The Kier molecular flexibility index (Phi) is 12.4. The molecule has 0 aliphatic carbocycles. The standard InChI is InChI=1S/C45H65N3O7/c1-25(2)19-31-37-28(13-16-46(31)7)23-35(52-11)42(41(37)50)54-45-39-30(15-18-48(9)33(39)21-27(5)6)24-36(53-12)43(45)55-44-38-29(22-34(51-10)40(44)49)14-17-47(8)32(38)20-26(3)4/h22-27,31-33,49-50H,13-21H2,1-12H3/t31-,32+,33-/m0/s1. The van der Waals surface area contributed by atoms with Crippen molar-refractivity contribution < 1.29 is 33.9 Å². The number of ether oxygens (including phenoxy) is 5. The van der Waals surface area contributed by atoms with Gasteiger partial charge >= 0.3 is 0 Å². The number of phenols is 2. The van der Waals surface area contributed by atoms with Crippen molar-refractivity contribution in [3.8, 4) is 51.7 Å². The molecule has 0 spiro atoms. The molecule has 10 heteroatoms. The second kappa shape index (κ2) is 16.7. The van der Waals surface area contributed by atoms with Crippen molar-refractivity contribution in [3.63, 3.8) is 0 Å². The average Bonchev–Trinajstić information content (AvgIpc) is 3.13. The normalized spacial score (nSPS) is 20.4. The molecule has 0 radical (unpaired) electrons. The summed E-state index contributed by atoms with van der Waals surface area (Å²) in [7, 11) is 11.2. The quantitative estimate of drug-likeness (QED) is 0.176. The Hall–Kier alpha value is -3.86. The van der Waals surface area contributed by atoms with E-state index in [0.29, 0.717) is 52.3 Å². The van der Waals surface area contributed by atoms with Crippen LogP contribution in [0.3, 0.4) is 0 Å². The molecule has 3 aliphatic heterocycles. The lowest BCUT2D eigenvalue weighted by Gasteiger charge is -2.39. The van der Waals surface area contributed by atoms with Crippen molar-refractivity contribution in [1.29, 1.82) is 0 Å². The highest BCUT2D eigenvalue weighted by molar-refractivity contribution is 5.69. The number of methoxy groups -OCH3 is 3. The third-order valence-electron chi connectivity index (χ3n) is 12.0. The second-order valence-corrected chi connectivity index (χ2v) is 17.3. The number of likely N-dealkylation sites (N-methyl/N-ethyl adjacent to an activating group) is 3. The van der Waals surface area contributed by atoms with Gasteiger partial charge in [0.2, 0.25) is 17.2 Å². The number of hydrogen-bond donors (Lipinski definition) is 2. The van der Waals surface area contributed by atoms with E-state index < -0.39 is 0 Å². The largest absolute Gasteiger partial charge is 0.504 e. The molecule has 302 valence electrons. The number of aromatic hydroxyl groups is 2. The molecule has 3 aromatic carbocycles. The van der Waals surface area contributed by atoms with Crippen LogP contribution in [0.15, 0.2) is 18.2 Å². The summed E-state index contributed by atoms with van der Waals surface area (Å²) in [6, 6.07) is 6.06. The molecule has 0 unspecified atom stereocenters. The van der Waals surface area contributed by atoms with Crippen LogP contribution in [-0.4, -0.2) is 87.0 Å². The molecule has 3 heterocycles. The van der Waals surface area contributed by atoms with Gasteiger partial charge in [-0.3, -0.25) is 14.7 Å². The van der Waals surface area contributed by atoms with Crippen molar-refractivity contribution in [2.75, 3.05) is 62.1 Å². The summed E-state index contributed by atoms with van der Waals surface area (Å²) >= 11 is 0. The van der Waals surface area contributed by atoms with Gasteiger partial charge in [-0.15, -0.1) is 0 Å². The first-order valence-corrected chi connectivity index (χ1v) is 20.2. The molecule has 0 saturated carbocycles. The van der Waals surface area contributed by atoms with E-state index in [1.54, 1.807) is 21.3 Å². The Morgan fingerprint density at radius 1 is 0.509 bits per heavy atom. The van der Waals surface area contributed by atoms with Gasteiger partial charge in [0.05, 0.1) is 21.3 Å². The van der Waals surface area contributed by atoms with E-state index in [0.717, 1.165) is 91.5 Å². The third kappa shape index (κ3) is 7.92. The average molecular weight is 760 g/mol. The first-order valence-electron chi connectivity index (χ1n) is 20.2. The molecule has 10 nitrogen and oxygen atoms in total.